The van der Waals surface area contributed by atoms with E-state index in [0.717, 1.165) is 24.2 Å². The van der Waals surface area contributed by atoms with E-state index in [-0.39, 0.29) is 11.5 Å². The molecule has 0 bridgehead atoms. The highest BCUT2D eigenvalue weighted by molar-refractivity contribution is 7.16. The Kier molecular flexibility index (Phi) is 4.05. The molecule has 0 aliphatic carbocycles. The highest BCUT2D eigenvalue weighted by Gasteiger charge is 2.22. The molecule has 1 aliphatic rings. The van der Waals surface area contributed by atoms with Crippen LogP contribution in [-0.4, -0.2) is 32.9 Å². The Balaban J connectivity index is 1.70. The van der Waals surface area contributed by atoms with Crippen LogP contribution in [0.3, 0.4) is 0 Å². The summed E-state index contributed by atoms with van der Waals surface area (Å²) >= 11 is 1.46. The minimum atomic E-state index is -0.0549. The van der Waals surface area contributed by atoms with Crippen LogP contribution in [0.15, 0.2) is 22.6 Å². The van der Waals surface area contributed by atoms with Crippen LogP contribution in [-0.2, 0) is 11.3 Å². The van der Waals surface area contributed by atoms with Crippen LogP contribution in [0.1, 0.15) is 32.6 Å². The summed E-state index contributed by atoms with van der Waals surface area (Å²) in [4.78, 5) is 31.5. The molecule has 0 unspecified atom stereocenters. The second-order valence-corrected chi connectivity index (χ2v) is 6.46. The van der Waals surface area contributed by atoms with Gasteiger partial charge in [0.1, 0.15) is 4.83 Å². The molecule has 3 heterocycles. The molecule has 0 aromatic carbocycles. The summed E-state index contributed by atoms with van der Waals surface area (Å²) in [5, 5.41) is 2.51. The van der Waals surface area contributed by atoms with Gasteiger partial charge in [0.05, 0.1) is 11.7 Å². The number of hydrogen-bond donors (Lipinski definition) is 0. The highest BCUT2D eigenvalue weighted by atomic mass is 32.1. The van der Waals surface area contributed by atoms with Gasteiger partial charge in [-0.2, -0.15) is 0 Å². The van der Waals surface area contributed by atoms with Crippen LogP contribution in [0.5, 0.6) is 0 Å². The SMILES string of the molecule is C[C@@H]1CCCCN1C(=O)CCn1cnc2sccc2c1=O. The van der Waals surface area contributed by atoms with E-state index >= 15 is 0 Å². The van der Waals surface area contributed by atoms with Crippen LogP contribution in [0.4, 0.5) is 0 Å². The lowest BCUT2D eigenvalue weighted by atomic mass is 10.0. The molecule has 0 saturated carbocycles. The van der Waals surface area contributed by atoms with Gasteiger partial charge >= 0.3 is 0 Å². The van der Waals surface area contributed by atoms with E-state index < -0.39 is 0 Å². The molecule has 1 amide bonds. The Morgan fingerprint density at radius 2 is 2.33 bits per heavy atom. The van der Waals surface area contributed by atoms with Gasteiger partial charge in [-0.05, 0) is 37.6 Å². The molecule has 0 N–H and O–H groups in total. The summed E-state index contributed by atoms with van der Waals surface area (Å²) in [6.07, 6.45) is 5.27. The number of carbonyl (C=O) groups excluding carboxylic acids is 1. The number of carbonyl (C=O) groups is 1. The molecule has 0 spiro atoms. The van der Waals surface area contributed by atoms with E-state index in [1.165, 1.54) is 17.8 Å². The Hall–Kier alpha value is -1.69. The van der Waals surface area contributed by atoms with Gasteiger partial charge in [-0.25, -0.2) is 4.98 Å². The molecule has 1 fully saturated rings. The van der Waals surface area contributed by atoms with E-state index in [2.05, 4.69) is 11.9 Å². The smallest absolute Gasteiger partial charge is 0.262 e. The van der Waals surface area contributed by atoms with Crippen molar-refractivity contribution in [2.45, 2.75) is 45.2 Å². The monoisotopic (exact) mass is 305 g/mol. The number of fused-ring (bicyclic) bond motifs is 1. The van der Waals surface area contributed by atoms with Crippen LogP contribution in [0.25, 0.3) is 10.2 Å². The fraction of sp³-hybridized carbons (Fsp3) is 0.533. The van der Waals surface area contributed by atoms with E-state index in [1.54, 1.807) is 17.0 Å². The first-order valence-corrected chi connectivity index (χ1v) is 8.27. The average Bonchev–Trinajstić information content (AvgIpc) is 2.96. The van der Waals surface area contributed by atoms with Crippen molar-refractivity contribution in [2.24, 2.45) is 0 Å². The van der Waals surface area contributed by atoms with Gasteiger partial charge in [-0.1, -0.05) is 0 Å². The van der Waals surface area contributed by atoms with Crippen molar-refractivity contribution >= 4 is 27.5 Å². The summed E-state index contributed by atoms with van der Waals surface area (Å²) in [6.45, 7) is 3.35. The van der Waals surface area contributed by atoms with Crippen molar-refractivity contribution in [3.63, 3.8) is 0 Å². The lowest BCUT2D eigenvalue weighted by molar-refractivity contribution is -0.134. The van der Waals surface area contributed by atoms with Crippen molar-refractivity contribution in [1.82, 2.24) is 14.5 Å². The number of rotatable bonds is 3. The molecule has 2 aromatic rings. The fourth-order valence-corrected chi connectivity index (χ4v) is 3.60. The standard InChI is InChI=1S/C15H19N3O2S/c1-11-4-2-3-7-18(11)13(19)5-8-17-10-16-14-12(15(17)20)6-9-21-14/h6,9-11H,2-5,7-8H2,1H3/t11-/m1/s1. The molecule has 3 rings (SSSR count). The first kappa shape index (κ1) is 14.3. The zero-order valence-electron chi connectivity index (χ0n) is 12.1. The van der Waals surface area contributed by atoms with Crippen molar-refractivity contribution in [1.29, 1.82) is 0 Å². The predicted octanol–water partition coefficient (Wildman–Crippen LogP) is 2.25. The van der Waals surface area contributed by atoms with E-state index in [9.17, 15) is 9.59 Å². The largest absolute Gasteiger partial charge is 0.340 e. The molecule has 5 nitrogen and oxygen atoms in total. The molecule has 0 radical (unpaired) electrons. The van der Waals surface area contributed by atoms with Gasteiger partial charge < -0.3 is 4.90 Å². The lowest BCUT2D eigenvalue weighted by Gasteiger charge is -2.33. The molecule has 112 valence electrons. The van der Waals surface area contributed by atoms with Gasteiger partial charge in [0.15, 0.2) is 0 Å². The normalized spacial score (nSPS) is 19.1. The van der Waals surface area contributed by atoms with Crippen LogP contribution < -0.4 is 5.56 Å². The van der Waals surface area contributed by atoms with E-state index in [0.29, 0.717) is 24.4 Å². The van der Waals surface area contributed by atoms with Gasteiger partial charge in [0, 0.05) is 25.6 Å². The number of hydrogen-bond acceptors (Lipinski definition) is 4. The number of piperidine rings is 1. The van der Waals surface area contributed by atoms with Gasteiger partial charge in [0.2, 0.25) is 5.91 Å². The Morgan fingerprint density at radius 3 is 3.14 bits per heavy atom. The number of nitrogens with zero attached hydrogens (tertiary/aromatic N) is 3. The third-order valence-electron chi connectivity index (χ3n) is 4.14. The first-order chi connectivity index (χ1) is 10.2. The zero-order chi connectivity index (χ0) is 14.8. The maximum absolute atomic E-state index is 12.3. The highest BCUT2D eigenvalue weighted by Crippen LogP contribution is 2.17. The lowest BCUT2D eigenvalue weighted by Crippen LogP contribution is -2.42. The fourth-order valence-electron chi connectivity index (χ4n) is 2.88. The quantitative estimate of drug-likeness (QED) is 0.874. The minimum absolute atomic E-state index is 0.0549. The van der Waals surface area contributed by atoms with Crippen LogP contribution >= 0.6 is 11.3 Å². The van der Waals surface area contributed by atoms with Crippen molar-refractivity contribution in [2.75, 3.05) is 6.54 Å². The molecule has 1 aliphatic heterocycles. The minimum Gasteiger partial charge on any atom is -0.340 e. The first-order valence-electron chi connectivity index (χ1n) is 7.39. The molecule has 1 atom stereocenters. The number of aryl methyl sites for hydroxylation is 1. The maximum atomic E-state index is 12.3. The molecular weight excluding hydrogens is 286 g/mol. The Morgan fingerprint density at radius 1 is 1.48 bits per heavy atom. The average molecular weight is 305 g/mol. The topological polar surface area (TPSA) is 55.2 Å². The third-order valence-corrected chi connectivity index (χ3v) is 4.96. The number of aromatic nitrogens is 2. The van der Waals surface area contributed by atoms with E-state index in [4.69, 9.17) is 0 Å². The third kappa shape index (κ3) is 2.85. The van der Waals surface area contributed by atoms with Crippen LogP contribution in [0, 0.1) is 0 Å². The Bertz CT molecular complexity index is 706. The molecule has 1 saturated heterocycles. The number of amides is 1. The predicted molar refractivity (Wildman–Crippen MR) is 83.5 cm³/mol. The molecular formula is C15H19N3O2S. The van der Waals surface area contributed by atoms with Crippen molar-refractivity contribution in [3.8, 4) is 0 Å². The molecule has 21 heavy (non-hydrogen) atoms. The molecule has 6 heteroatoms. The summed E-state index contributed by atoms with van der Waals surface area (Å²) in [7, 11) is 0. The summed E-state index contributed by atoms with van der Waals surface area (Å²) < 4.78 is 1.54. The summed E-state index contributed by atoms with van der Waals surface area (Å²) in [5.74, 6) is 0.138. The van der Waals surface area contributed by atoms with Crippen molar-refractivity contribution in [3.05, 3.63) is 28.1 Å². The maximum Gasteiger partial charge on any atom is 0.262 e. The van der Waals surface area contributed by atoms with Gasteiger partial charge in [0.25, 0.3) is 5.56 Å². The Labute approximate surface area is 127 Å². The van der Waals surface area contributed by atoms with Crippen LogP contribution in [0.2, 0.25) is 0 Å². The zero-order valence-corrected chi connectivity index (χ0v) is 12.9. The second kappa shape index (κ2) is 5.97. The number of thiophene rings is 1. The second-order valence-electron chi connectivity index (χ2n) is 5.56. The number of likely N-dealkylation sites (tertiary alicyclic amines) is 1. The van der Waals surface area contributed by atoms with Crippen molar-refractivity contribution < 1.29 is 4.79 Å². The summed E-state index contributed by atoms with van der Waals surface area (Å²) in [6, 6.07) is 2.11. The van der Waals surface area contributed by atoms with Gasteiger partial charge in [-0.15, -0.1) is 11.3 Å². The van der Waals surface area contributed by atoms with Gasteiger partial charge in [-0.3, -0.25) is 14.2 Å². The summed E-state index contributed by atoms with van der Waals surface area (Å²) in [5.41, 5.74) is -0.0549. The van der Waals surface area contributed by atoms with E-state index in [1.807, 2.05) is 10.3 Å². The molecule has 2 aromatic heterocycles.